The zero-order valence-electron chi connectivity index (χ0n) is 19.6. The number of anilines is 1. The van der Waals surface area contributed by atoms with Crippen LogP contribution >= 0.6 is 0 Å². The fourth-order valence-corrected chi connectivity index (χ4v) is 5.01. The molecule has 0 aliphatic heterocycles. The summed E-state index contributed by atoms with van der Waals surface area (Å²) in [6, 6.07) is 22.2. The van der Waals surface area contributed by atoms with Crippen molar-refractivity contribution in [1.29, 1.82) is 0 Å². The van der Waals surface area contributed by atoms with E-state index < -0.39 is 16.1 Å². The summed E-state index contributed by atoms with van der Waals surface area (Å²) in [6.45, 7) is 1.69. The molecule has 3 aromatic carbocycles. The molecule has 0 bridgehead atoms. The molecule has 7 nitrogen and oxygen atoms in total. The molecule has 0 aromatic heterocycles. The highest BCUT2D eigenvalue weighted by Gasteiger charge is 2.21. The van der Waals surface area contributed by atoms with Crippen molar-refractivity contribution in [2.45, 2.75) is 56.1 Å². The molecule has 4 rings (SSSR count). The second-order valence-electron chi connectivity index (χ2n) is 8.62. The first-order valence-electron chi connectivity index (χ1n) is 11.8. The minimum absolute atomic E-state index is 0.0915. The van der Waals surface area contributed by atoms with E-state index in [1.807, 2.05) is 30.3 Å². The van der Waals surface area contributed by atoms with Crippen LogP contribution in [0.2, 0.25) is 0 Å². The van der Waals surface area contributed by atoms with Gasteiger partial charge in [-0.3, -0.25) is 9.52 Å². The number of hydrogen-bond acceptors (Lipinski definition) is 5. The summed E-state index contributed by atoms with van der Waals surface area (Å²) in [5.74, 6) is 1.57. The number of carbonyl (C=O) groups is 1. The predicted molar refractivity (Wildman–Crippen MR) is 135 cm³/mol. The van der Waals surface area contributed by atoms with Gasteiger partial charge < -0.3 is 14.8 Å². The van der Waals surface area contributed by atoms with Gasteiger partial charge in [0.1, 0.15) is 17.2 Å². The Hall–Kier alpha value is -3.52. The van der Waals surface area contributed by atoms with Gasteiger partial charge in [0.15, 0.2) is 6.10 Å². The maximum Gasteiger partial charge on any atom is 0.261 e. The van der Waals surface area contributed by atoms with E-state index in [0.717, 1.165) is 25.7 Å². The average molecular weight is 495 g/mol. The third kappa shape index (κ3) is 6.99. The quantitative estimate of drug-likeness (QED) is 0.410. The van der Waals surface area contributed by atoms with Crippen molar-refractivity contribution in [2.24, 2.45) is 0 Å². The summed E-state index contributed by atoms with van der Waals surface area (Å²) in [5.41, 5.74) is 0.416. The van der Waals surface area contributed by atoms with Crippen molar-refractivity contribution >= 4 is 21.6 Å². The second-order valence-corrected chi connectivity index (χ2v) is 10.3. The van der Waals surface area contributed by atoms with Crippen LogP contribution in [0, 0.1) is 0 Å². The molecule has 1 saturated carbocycles. The molecule has 184 valence electrons. The number of amides is 1. The zero-order chi connectivity index (χ0) is 24.7. The van der Waals surface area contributed by atoms with Gasteiger partial charge in [-0.2, -0.15) is 0 Å². The summed E-state index contributed by atoms with van der Waals surface area (Å²) < 4.78 is 39.6. The Labute approximate surface area is 206 Å². The topological polar surface area (TPSA) is 93.7 Å². The summed E-state index contributed by atoms with van der Waals surface area (Å²) >= 11 is 0. The lowest BCUT2D eigenvalue weighted by Crippen LogP contribution is -2.43. The minimum Gasteiger partial charge on any atom is -0.481 e. The van der Waals surface area contributed by atoms with Gasteiger partial charge in [-0.15, -0.1) is 0 Å². The molecule has 1 fully saturated rings. The smallest absolute Gasteiger partial charge is 0.261 e. The highest BCUT2D eigenvalue weighted by molar-refractivity contribution is 7.92. The van der Waals surface area contributed by atoms with Crippen LogP contribution in [0.3, 0.4) is 0 Å². The standard InChI is InChI=1S/C27H30N2O5S/c1-20(27(30)28-21-8-4-2-5-9-21)33-24-16-18-26(19-17-24)35(31,32)29-22-12-14-25(15-13-22)34-23-10-6-3-7-11-23/h3,6-7,10-21,29H,2,4-5,8-9H2,1H3,(H,28,30)/t20-/m1/s1. The molecule has 1 amide bonds. The Balaban J connectivity index is 1.32. The monoisotopic (exact) mass is 494 g/mol. The normalized spacial score (nSPS) is 15.1. The van der Waals surface area contributed by atoms with E-state index in [4.69, 9.17) is 9.47 Å². The fourth-order valence-electron chi connectivity index (χ4n) is 3.95. The number of benzene rings is 3. The van der Waals surface area contributed by atoms with E-state index in [1.165, 1.54) is 18.6 Å². The first-order valence-corrected chi connectivity index (χ1v) is 13.3. The van der Waals surface area contributed by atoms with Gasteiger partial charge in [0.25, 0.3) is 15.9 Å². The van der Waals surface area contributed by atoms with Crippen molar-refractivity contribution in [3.8, 4) is 17.2 Å². The van der Waals surface area contributed by atoms with Crippen LogP contribution in [0.4, 0.5) is 5.69 Å². The first-order chi connectivity index (χ1) is 16.9. The summed E-state index contributed by atoms with van der Waals surface area (Å²) in [6.07, 6.45) is 4.82. The Morgan fingerprint density at radius 1 is 0.829 bits per heavy atom. The highest BCUT2D eigenvalue weighted by Crippen LogP contribution is 2.25. The van der Waals surface area contributed by atoms with Crippen molar-refractivity contribution in [3.63, 3.8) is 0 Å². The molecule has 35 heavy (non-hydrogen) atoms. The molecule has 1 atom stereocenters. The van der Waals surface area contributed by atoms with E-state index in [9.17, 15) is 13.2 Å². The van der Waals surface area contributed by atoms with E-state index >= 15 is 0 Å². The lowest BCUT2D eigenvalue weighted by Gasteiger charge is -2.24. The SMILES string of the molecule is C[C@@H](Oc1ccc(S(=O)(=O)Nc2ccc(Oc3ccccc3)cc2)cc1)C(=O)NC1CCCCC1. The molecule has 1 aliphatic rings. The van der Waals surface area contributed by atoms with E-state index in [0.29, 0.717) is 22.9 Å². The van der Waals surface area contributed by atoms with Gasteiger partial charge >= 0.3 is 0 Å². The van der Waals surface area contributed by atoms with Gasteiger partial charge in [0.2, 0.25) is 0 Å². The number of carbonyl (C=O) groups excluding carboxylic acids is 1. The molecule has 0 saturated heterocycles. The molecule has 0 unspecified atom stereocenters. The molecule has 3 aromatic rings. The molecular weight excluding hydrogens is 464 g/mol. The summed E-state index contributed by atoms with van der Waals surface area (Å²) in [5, 5.41) is 3.04. The second kappa shape index (κ2) is 11.3. The lowest BCUT2D eigenvalue weighted by molar-refractivity contribution is -0.128. The van der Waals surface area contributed by atoms with E-state index in [1.54, 1.807) is 43.3 Å². The molecule has 0 heterocycles. The summed E-state index contributed by atoms with van der Waals surface area (Å²) in [7, 11) is -3.79. The third-order valence-electron chi connectivity index (χ3n) is 5.85. The van der Waals surface area contributed by atoms with Gasteiger partial charge in [-0.1, -0.05) is 37.5 Å². The van der Waals surface area contributed by atoms with Crippen LogP contribution in [-0.2, 0) is 14.8 Å². The van der Waals surface area contributed by atoms with E-state index in [2.05, 4.69) is 10.0 Å². The van der Waals surface area contributed by atoms with Crippen LogP contribution in [0.25, 0.3) is 0 Å². The minimum atomic E-state index is -3.79. The van der Waals surface area contributed by atoms with Crippen molar-refractivity contribution in [3.05, 3.63) is 78.9 Å². The largest absolute Gasteiger partial charge is 0.481 e. The Bertz CT molecular complexity index is 1210. The van der Waals surface area contributed by atoms with Gasteiger partial charge in [-0.05, 0) is 80.4 Å². The maximum atomic E-state index is 12.8. The first kappa shape index (κ1) is 24.6. The molecule has 0 radical (unpaired) electrons. The van der Waals surface area contributed by atoms with Crippen LogP contribution in [-0.4, -0.2) is 26.5 Å². The Morgan fingerprint density at radius 2 is 1.43 bits per heavy atom. The zero-order valence-corrected chi connectivity index (χ0v) is 20.5. The third-order valence-corrected chi connectivity index (χ3v) is 7.25. The van der Waals surface area contributed by atoms with Crippen LogP contribution in [0.15, 0.2) is 83.8 Å². The summed E-state index contributed by atoms with van der Waals surface area (Å²) in [4.78, 5) is 12.5. The number of hydrogen-bond donors (Lipinski definition) is 2. The highest BCUT2D eigenvalue weighted by atomic mass is 32.2. The fraction of sp³-hybridized carbons (Fsp3) is 0.296. The molecule has 1 aliphatic carbocycles. The number of para-hydroxylation sites is 1. The van der Waals surface area contributed by atoms with Gasteiger partial charge in [-0.25, -0.2) is 8.42 Å². The molecule has 2 N–H and O–H groups in total. The Kier molecular flexibility index (Phi) is 7.92. The van der Waals surface area contributed by atoms with E-state index in [-0.39, 0.29) is 16.8 Å². The van der Waals surface area contributed by atoms with Gasteiger partial charge in [0, 0.05) is 11.7 Å². The predicted octanol–water partition coefficient (Wildman–Crippen LogP) is 5.50. The van der Waals surface area contributed by atoms with Crippen molar-refractivity contribution < 1.29 is 22.7 Å². The number of sulfonamides is 1. The maximum absolute atomic E-state index is 12.8. The number of nitrogens with one attached hydrogen (secondary N) is 2. The molecule has 0 spiro atoms. The molecular formula is C27H30N2O5S. The molecule has 8 heteroatoms. The van der Waals surface area contributed by atoms with Gasteiger partial charge in [0.05, 0.1) is 4.90 Å². The Morgan fingerprint density at radius 3 is 2.09 bits per heavy atom. The van der Waals surface area contributed by atoms with Crippen LogP contribution in [0.5, 0.6) is 17.2 Å². The average Bonchev–Trinajstić information content (AvgIpc) is 2.86. The number of rotatable bonds is 9. The van der Waals surface area contributed by atoms with Crippen molar-refractivity contribution in [1.82, 2.24) is 5.32 Å². The van der Waals surface area contributed by atoms with Crippen LogP contribution in [0.1, 0.15) is 39.0 Å². The van der Waals surface area contributed by atoms with Crippen LogP contribution < -0.4 is 19.5 Å². The van der Waals surface area contributed by atoms with Crippen molar-refractivity contribution in [2.75, 3.05) is 4.72 Å². The number of ether oxygens (including phenoxy) is 2. The lowest BCUT2D eigenvalue weighted by atomic mass is 9.95.